The van der Waals surface area contributed by atoms with Crippen molar-refractivity contribution in [3.05, 3.63) is 54.1 Å². The van der Waals surface area contributed by atoms with Gasteiger partial charge in [-0.05, 0) is 44.0 Å². The first-order valence-electron chi connectivity index (χ1n) is 8.66. The van der Waals surface area contributed by atoms with Crippen LogP contribution in [0.25, 0.3) is 0 Å². The van der Waals surface area contributed by atoms with E-state index in [1.54, 1.807) is 24.1 Å². The molecule has 3 amide bonds. The van der Waals surface area contributed by atoms with Crippen LogP contribution >= 0.6 is 0 Å². The fourth-order valence-corrected chi connectivity index (χ4v) is 3.08. The lowest BCUT2D eigenvalue weighted by atomic mass is 10.2. The van der Waals surface area contributed by atoms with E-state index >= 15 is 0 Å². The zero-order chi connectivity index (χ0) is 18.5. The van der Waals surface area contributed by atoms with Crippen LogP contribution in [0.4, 0.5) is 16.2 Å². The molecule has 1 heterocycles. The monoisotopic (exact) mass is 353 g/mol. The minimum Gasteiger partial charge on any atom is -0.495 e. The predicted octanol–water partition coefficient (Wildman–Crippen LogP) is 3.64. The van der Waals surface area contributed by atoms with Crippen molar-refractivity contribution in [3.8, 4) is 5.75 Å². The molecule has 6 heteroatoms. The number of carbonyl (C=O) groups is 2. The zero-order valence-electron chi connectivity index (χ0n) is 15.0. The quantitative estimate of drug-likeness (QED) is 0.882. The van der Waals surface area contributed by atoms with E-state index in [1.807, 2.05) is 43.3 Å². The maximum atomic E-state index is 12.7. The van der Waals surface area contributed by atoms with Crippen LogP contribution in [-0.4, -0.2) is 36.5 Å². The molecule has 0 bridgehead atoms. The van der Waals surface area contributed by atoms with E-state index in [0.29, 0.717) is 24.4 Å². The standard InChI is InChI=1S/C20H23N3O3/c1-14-9-11-15(12-10-14)21-20(25)23-13-5-7-17(23)19(24)22-16-6-3-4-8-18(16)26-2/h3-4,6,8-12,17H,5,7,13H2,1-2H3,(H,21,25)(H,22,24)/t17-/m1/s1. The van der Waals surface area contributed by atoms with Crippen molar-refractivity contribution >= 4 is 23.3 Å². The smallest absolute Gasteiger partial charge is 0.322 e. The Bertz CT molecular complexity index is 789. The molecule has 3 rings (SSSR count). The molecule has 6 nitrogen and oxygen atoms in total. The summed E-state index contributed by atoms with van der Waals surface area (Å²) in [7, 11) is 1.56. The highest BCUT2D eigenvalue weighted by atomic mass is 16.5. The lowest BCUT2D eigenvalue weighted by Gasteiger charge is -2.24. The number of carbonyl (C=O) groups excluding carboxylic acids is 2. The van der Waals surface area contributed by atoms with E-state index in [2.05, 4.69) is 10.6 Å². The van der Waals surface area contributed by atoms with Gasteiger partial charge in [0, 0.05) is 12.2 Å². The summed E-state index contributed by atoms with van der Waals surface area (Å²) in [6, 6.07) is 14.1. The van der Waals surface area contributed by atoms with Crippen LogP contribution in [0.2, 0.25) is 0 Å². The number of anilines is 2. The molecule has 0 aliphatic carbocycles. The van der Waals surface area contributed by atoms with Gasteiger partial charge in [-0.3, -0.25) is 4.79 Å². The van der Waals surface area contributed by atoms with E-state index in [0.717, 1.165) is 17.7 Å². The number of rotatable bonds is 4. The molecule has 0 saturated carbocycles. The van der Waals surface area contributed by atoms with Crippen molar-refractivity contribution in [2.24, 2.45) is 0 Å². The number of amides is 3. The van der Waals surface area contributed by atoms with Gasteiger partial charge in [0.25, 0.3) is 0 Å². The Labute approximate surface area is 153 Å². The van der Waals surface area contributed by atoms with E-state index in [1.165, 1.54) is 0 Å². The Kier molecular flexibility index (Phi) is 5.41. The fourth-order valence-electron chi connectivity index (χ4n) is 3.08. The van der Waals surface area contributed by atoms with Crippen molar-refractivity contribution in [2.75, 3.05) is 24.3 Å². The van der Waals surface area contributed by atoms with Crippen LogP contribution in [0, 0.1) is 6.92 Å². The van der Waals surface area contributed by atoms with Gasteiger partial charge >= 0.3 is 6.03 Å². The summed E-state index contributed by atoms with van der Waals surface area (Å²) >= 11 is 0. The second-order valence-electron chi connectivity index (χ2n) is 6.34. The number of nitrogens with zero attached hydrogens (tertiary/aromatic N) is 1. The molecule has 2 N–H and O–H groups in total. The molecule has 2 aromatic carbocycles. The lowest BCUT2D eigenvalue weighted by Crippen LogP contribution is -2.45. The summed E-state index contributed by atoms with van der Waals surface area (Å²) in [6.45, 7) is 2.55. The van der Waals surface area contributed by atoms with Crippen LogP contribution in [0.1, 0.15) is 18.4 Å². The van der Waals surface area contributed by atoms with Gasteiger partial charge in [-0.2, -0.15) is 0 Å². The SMILES string of the molecule is COc1ccccc1NC(=O)[C@H]1CCCN1C(=O)Nc1ccc(C)cc1. The number of ether oxygens (including phenoxy) is 1. The summed E-state index contributed by atoms with van der Waals surface area (Å²) in [4.78, 5) is 26.9. The number of para-hydroxylation sites is 2. The summed E-state index contributed by atoms with van der Waals surface area (Å²) < 4.78 is 5.26. The highest BCUT2D eigenvalue weighted by Crippen LogP contribution is 2.26. The molecule has 1 fully saturated rings. The minimum absolute atomic E-state index is 0.203. The normalized spacial score (nSPS) is 16.2. The first-order valence-corrected chi connectivity index (χ1v) is 8.66. The summed E-state index contributed by atoms with van der Waals surface area (Å²) in [6.07, 6.45) is 1.44. The highest BCUT2D eigenvalue weighted by molar-refractivity contribution is 6.00. The predicted molar refractivity (Wildman–Crippen MR) is 102 cm³/mol. The summed E-state index contributed by atoms with van der Waals surface area (Å²) in [5.74, 6) is 0.389. The Morgan fingerprint density at radius 2 is 1.81 bits per heavy atom. The Balaban J connectivity index is 1.67. The number of benzene rings is 2. The number of likely N-dealkylation sites (tertiary alicyclic amines) is 1. The number of methoxy groups -OCH3 is 1. The number of urea groups is 1. The number of hydrogen-bond donors (Lipinski definition) is 2. The second-order valence-corrected chi connectivity index (χ2v) is 6.34. The third kappa shape index (κ3) is 3.96. The van der Waals surface area contributed by atoms with Gasteiger partial charge in [-0.1, -0.05) is 29.8 Å². The summed E-state index contributed by atoms with van der Waals surface area (Å²) in [5, 5.41) is 5.74. The average molecular weight is 353 g/mol. The van der Waals surface area contributed by atoms with Crippen LogP contribution in [-0.2, 0) is 4.79 Å². The van der Waals surface area contributed by atoms with E-state index in [-0.39, 0.29) is 11.9 Å². The largest absolute Gasteiger partial charge is 0.495 e. The zero-order valence-corrected chi connectivity index (χ0v) is 15.0. The minimum atomic E-state index is -0.495. The molecule has 26 heavy (non-hydrogen) atoms. The fraction of sp³-hybridized carbons (Fsp3) is 0.300. The van der Waals surface area contributed by atoms with Gasteiger partial charge in [-0.25, -0.2) is 4.79 Å². The van der Waals surface area contributed by atoms with Gasteiger partial charge in [-0.15, -0.1) is 0 Å². The van der Waals surface area contributed by atoms with Crippen molar-refractivity contribution in [1.82, 2.24) is 4.90 Å². The van der Waals surface area contributed by atoms with Gasteiger partial charge in [0.05, 0.1) is 12.8 Å². The highest BCUT2D eigenvalue weighted by Gasteiger charge is 2.34. The first-order chi connectivity index (χ1) is 12.6. The van der Waals surface area contributed by atoms with Crippen molar-refractivity contribution in [3.63, 3.8) is 0 Å². The average Bonchev–Trinajstić information content (AvgIpc) is 3.14. The Hall–Kier alpha value is -3.02. The molecule has 1 atom stereocenters. The Morgan fingerprint density at radius 3 is 2.54 bits per heavy atom. The first kappa shape index (κ1) is 17.8. The lowest BCUT2D eigenvalue weighted by molar-refractivity contribution is -0.119. The third-order valence-corrected chi connectivity index (χ3v) is 4.48. The number of aryl methyl sites for hydroxylation is 1. The Morgan fingerprint density at radius 1 is 1.08 bits per heavy atom. The van der Waals surface area contributed by atoms with Gasteiger partial charge in [0.1, 0.15) is 11.8 Å². The van der Waals surface area contributed by atoms with E-state index < -0.39 is 6.04 Å². The molecule has 0 radical (unpaired) electrons. The number of hydrogen-bond acceptors (Lipinski definition) is 3. The van der Waals surface area contributed by atoms with E-state index in [4.69, 9.17) is 4.74 Å². The molecule has 136 valence electrons. The van der Waals surface area contributed by atoms with Gasteiger partial charge in [0.15, 0.2) is 0 Å². The van der Waals surface area contributed by atoms with Gasteiger partial charge in [0.2, 0.25) is 5.91 Å². The number of nitrogens with one attached hydrogen (secondary N) is 2. The molecule has 1 saturated heterocycles. The maximum Gasteiger partial charge on any atom is 0.322 e. The molecule has 0 aromatic heterocycles. The summed E-state index contributed by atoms with van der Waals surface area (Å²) in [5.41, 5.74) is 2.44. The molecule has 1 aliphatic heterocycles. The molecular formula is C20H23N3O3. The van der Waals surface area contributed by atoms with Crippen LogP contribution in [0.15, 0.2) is 48.5 Å². The van der Waals surface area contributed by atoms with Crippen LogP contribution in [0.3, 0.4) is 0 Å². The molecule has 0 unspecified atom stereocenters. The maximum absolute atomic E-state index is 12.7. The van der Waals surface area contributed by atoms with Crippen molar-refractivity contribution in [2.45, 2.75) is 25.8 Å². The molecule has 0 spiro atoms. The van der Waals surface area contributed by atoms with Gasteiger partial charge < -0.3 is 20.3 Å². The third-order valence-electron chi connectivity index (χ3n) is 4.48. The van der Waals surface area contributed by atoms with Crippen LogP contribution < -0.4 is 15.4 Å². The molecule has 1 aliphatic rings. The topological polar surface area (TPSA) is 70.7 Å². The van der Waals surface area contributed by atoms with E-state index in [9.17, 15) is 9.59 Å². The second kappa shape index (κ2) is 7.91. The molecule has 2 aromatic rings. The van der Waals surface area contributed by atoms with Crippen molar-refractivity contribution < 1.29 is 14.3 Å². The molecular weight excluding hydrogens is 330 g/mol. The van der Waals surface area contributed by atoms with Crippen molar-refractivity contribution in [1.29, 1.82) is 0 Å². The van der Waals surface area contributed by atoms with Crippen LogP contribution in [0.5, 0.6) is 5.75 Å².